The molecule has 6 nitrogen and oxygen atoms in total. The Bertz CT molecular complexity index is 1530. The summed E-state index contributed by atoms with van der Waals surface area (Å²) < 4.78 is 11.6. The first-order valence-corrected chi connectivity index (χ1v) is 12.6. The number of benzene rings is 4. The molecule has 0 aliphatic carbocycles. The van der Waals surface area contributed by atoms with E-state index < -0.39 is 17.7 Å². The standard InChI is InChI=1S/C32H29NO5/c1-3-17-33-29(24-15-16-26(37-2)27(19-24)38-20-21-9-5-4-6-10-21)28(31(35)32(33)36)30(34)25-14-13-22-11-7-8-12-23(22)18-25/h4-16,18-19,29,34H,3,17,20H2,1-2H3/b30-28+. The van der Waals surface area contributed by atoms with Crippen LogP contribution in [0.4, 0.5) is 0 Å². The van der Waals surface area contributed by atoms with Gasteiger partial charge in [0.1, 0.15) is 12.4 Å². The van der Waals surface area contributed by atoms with E-state index >= 15 is 0 Å². The number of hydrogen-bond donors (Lipinski definition) is 1. The molecular weight excluding hydrogens is 478 g/mol. The molecule has 0 bridgehead atoms. The average Bonchev–Trinajstić information content (AvgIpc) is 3.21. The molecule has 192 valence electrons. The van der Waals surface area contributed by atoms with Crippen molar-refractivity contribution in [1.82, 2.24) is 4.90 Å². The third-order valence-corrected chi connectivity index (χ3v) is 6.77. The van der Waals surface area contributed by atoms with Gasteiger partial charge in [0.25, 0.3) is 11.7 Å². The van der Waals surface area contributed by atoms with Gasteiger partial charge in [0.15, 0.2) is 11.5 Å². The molecule has 4 aromatic rings. The molecule has 6 heteroatoms. The molecule has 1 aliphatic rings. The molecule has 0 saturated carbocycles. The largest absolute Gasteiger partial charge is 0.507 e. The lowest BCUT2D eigenvalue weighted by Gasteiger charge is -2.25. The number of fused-ring (bicyclic) bond motifs is 1. The Hall–Kier alpha value is -4.58. The molecule has 1 fully saturated rings. The number of Topliss-reactive ketones (excluding diaryl/α,β-unsaturated/α-hetero) is 1. The number of aliphatic hydroxyl groups is 1. The number of aliphatic hydroxyl groups excluding tert-OH is 1. The van der Waals surface area contributed by atoms with Crippen molar-refractivity contribution in [2.45, 2.75) is 26.0 Å². The number of methoxy groups -OCH3 is 1. The van der Waals surface area contributed by atoms with Crippen LogP contribution in [0.2, 0.25) is 0 Å². The summed E-state index contributed by atoms with van der Waals surface area (Å²) in [6, 6.07) is 27.6. The predicted octanol–water partition coefficient (Wildman–Crippen LogP) is 6.26. The Balaban J connectivity index is 1.60. The topological polar surface area (TPSA) is 76.1 Å². The number of likely N-dealkylation sites (tertiary alicyclic amines) is 1. The van der Waals surface area contributed by atoms with Crippen LogP contribution in [0.25, 0.3) is 16.5 Å². The van der Waals surface area contributed by atoms with Crippen LogP contribution >= 0.6 is 0 Å². The minimum absolute atomic E-state index is 0.0675. The van der Waals surface area contributed by atoms with Gasteiger partial charge in [0.05, 0.1) is 18.7 Å². The number of hydrogen-bond acceptors (Lipinski definition) is 5. The van der Waals surface area contributed by atoms with E-state index in [4.69, 9.17) is 9.47 Å². The van der Waals surface area contributed by atoms with E-state index in [1.807, 2.05) is 73.7 Å². The van der Waals surface area contributed by atoms with Gasteiger partial charge < -0.3 is 19.5 Å². The van der Waals surface area contributed by atoms with E-state index in [0.717, 1.165) is 16.3 Å². The fourth-order valence-corrected chi connectivity index (χ4v) is 4.90. The van der Waals surface area contributed by atoms with E-state index in [9.17, 15) is 14.7 Å². The van der Waals surface area contributed by atoms with Crippen LogP contribution in [0.15, 0.2) is 96.6 Å². The lowest BCUT2D eigenvalue weighted by atomic mass is 9.94. The molecule has 0 spiro atoms. The van der Waals surface area contributed by atoms with Gasteiger partial charge in [-0.05, 0) is 46.5 Å². The van der Waals surface area contributed by atoms with Crippen molar-refractivity contribution in [2.75, 3.05) is 13.7 Å². The highest BCUT2D eigenvalue weighted by Crippen LogP contribution is 2.42. The minimum atomic E-state index is -0.758. The summed E-state index contributed by atoms with van der Waals surface area (Å²) in [6.07, 6.45) is 0.660. The first-order chi connectivity index (χ1) is 18.5. The fourth-order valence-electron chi connectivity index (χ4n) is 4.90. The van der Waals surface area contributed by atoms with Gasteiger partial charge >= 0.3 is 0 Å². The van der Waals surface area contributed by atoms with Crippen LogP contribution in [0.1, 0.15) is 36.1 Å². The molecule has 1 saturated heterocycles. The second-order valence-corrected chi connectivity index (χ2v) is 9.24. The van der Waals surface area contributed by atoms with Gasteiger partial charge in [-0.3, -0.25) is 9.59 Å². The Morgan fingerprint density at radius 3 is 2.34 bits per heavy atom. The first kappa shape index (κ1) is 25.1. The van der Waals surface area contributed by atoms with Gasteiger partial charge in [-0.25, -0.2) is 0 Å². The molecule has 1 amide bonds. The van der Waals surface area contributed by atoms with Crippen molar-refractivity contribution in [1.29, 1.82) is 0 Å². The van der Waals surface area contributed by atoms with Gasteiger partial charge in [-0.15, -0.1) is 0 Å². The summed E-state index contributed by atoms with van der Waals surface area (Å²) in [4.78, 5) is 28.0. The smallest absolute Gasteiger partial charge is 0.295 e. The number of ketones is 1. The highest BCUT2D eigenvalue weighted by molar-refractivity contribution is 6.46. The van der Waals surface area contributed by atoms with E-state index in [1.165, 1.54) is 4.90 Å². The first-order valence-electron chi connectivity index (χ1n) is 12.6. The maximum atomic E-state index is 13.3. The maximum absolute atomic E-state index is 13.3. The van der Waals surface area contributed by atoms with Crippen LogP contribution in [0, 0.1) is 0 Å². The summed E-state index contributed by atoms with van der Waals surface area (Å²) >= 11 is 0. The van der Waals surface area contributed by atoms with Crippen LogP contribution in [-0.2, 0) is 16.2 Å². The van der Waals surface area contributed by atoms with Crippen LogP contribution in [0.5, 0.6) is 11.5 Å². The Labute approximate surface area is 221 Å². The van der Waals surface area contributed by atoms with Crippen molar-refractivity contribution in [3.63, 3.8) is 0 Å². The maximum Gasteiger partial charge on any atom is 0.295 e. The van der Waals surface area contributed by atoms with Crippen LogP contribution in [0.3, 0.4) is 0 Å². The number of ether oxygens (including phenoxy) is 2. The highest BCUT2D eigenvalue weighted by Gasteiger charge is 2.45. The molecule has 38 heavy (non-hydrogen) atoms. The van der Waals surface area contributed by atoms with Crippen molar-refractivity contribution >= 4 is 28.2 Å². The van der Waals surface area contributed by atoms with Crippen molar-refractivity contribution < 1.29 is 24.2 Å². The normalized spacial score (nSPS) is 16.7. The second-order valence-electron chi connectivity index (χ2n) is 9.24. The van der Waals surface area contributed by atoms with Crippen molar-refractivity contribution in [3.05, 3.63) is 113 Å². The number of nitrogens with zero attached hydrogens (tertiary/aromatic N) is 1. The van der Waals surface area contributed by atoms with Crippen LogP contribution in [-0.4, -0.2) is 35.4 Å². The van der Waals surface area contributed by atoms with E-state index in [-0.39, 0.29) is 11.3 Å². The molecule has 1 heterocycles. The average molecular weight is 508 g/mol. The highest BCUT2D eigenvalue weighted by atomic mass is 16.5. The molecule has 0 aromatic heterocycles. The monoisotopic (exact) mass is 507 g/mol. The molecular formula is C32H29NO5. The fraction of sp³-hybridized carbons (Fsp3) is 0.188. The SMILES string of the molecule is CCCN1C(=O)C(=O)/C(=C(/O)c2ccc3ccccc3c2)C1c1ccc(OC)c(OCc2ccccc2)c1. The molecule has 1 unspecified atom stereocenters. The number of rotatable bonds is 8. The van der Waals surface area contributed by atoms with Gasteiger partial charge in [-0.2, -0.15) is 0 Å². The summed E-state index contributed by atoms with van der Waals surface area (Å²) in [5.74, 6) is -0.494. The molecule has 0 radical (unpaired) electrons. The zero-order chi connectivity index (χ0) is 26.6. The lowest BCUT2D eigenvalue weighted by Crippen LogP contribution is -2.30. The number of amides is 1. The molecule has 1 atom stereocenters. The van der Waals surface area contributed by atoms with E-state index in [2.05, 4.69) is 0 Å². The summed E-state index contributed by atoms with van der Waals surface area (Å²) in [5.41, 5.74) is 2.20. The summed E-state index contributed by atoms with van der Waals surface area (Å²) in [6.45, 7) is 2.64. The van der Waals surface area contributed by atoms with E-state index in [1.54, 1.807) is 31.4 Å². The minimum Gasteiger partial charge on any atom is -0.507 e. The van der Waals surface area contributed by atoms with Gasteiger partial charge in [-0.1, -0.05) is 79.7 Å². The van der Waals surface area contributed by atoms with Gasteiger partial charge in [0, 0.05) is 12.1 Å². The quantitative estimate of drug-likeness (QED) is 0.173. The lowest BCUT2D eigenvalue weighted by molar-refractivity contribution is -0.139. The molecule has 5 rings (SSSR count). The summed E-state index contributed by atoms with van der Waals surface area (Å²) in [5, 5.41) is 13.4. The third-order valence-electron chi connectivity index (χ3n) is 6.77. The van der Waals surface area contributed by atoms with E-state index in [0.29, 0.717) is 42.2 Å². The van der Waals surface area contributed by atoms with Gasteiger partial charge in [0.2, 0.25) is 0 Å². The Morgan fingerprint density at radius 2 is 1.61 bits per heavy atom. The Morgan fingerprint density at radius 1 is 0.868 bits per heavy atom. The van der Waals surface area contributed by atoms with Crippen LogP contribution < -0.4 is 9.47 Å². The molecule has 4 aromatic carbocycles. The number of carbonyl (C=O) groups is 2. The zero-order valence-electron chi connectivity index (χ0n) is 21.4. The van der Waals surface area contributed by atoms with Crippen molar-refractivity contribution in [2.24, 2.45) is 0 Å². The third kappa shape index (κ3) is 4.73. The molecule has 1 aliphatic heterocycles. The molecule has 1 N–H and O–H groups in total. The van der Waals surface area contributed by atoms with Crippen molar-refractivity contribution in [3.8, 4) is 11.5 Å². The predicted molar refractivity (Wildman–Crippen MR) is 147 cm³/mol. The second kappa shape index (κ2) is 10.8. The number of carbonyl (C=O) groups excluding carboxylic acids is 2. The Kier molecular flexibility index (Phi) is 7.13. The summed E-state index contributed by atoms with van der Waals surface area (Å²) in [7, 11) is 1.56. The zero-order valence-corrected chi connectivity index (χ0v) is 21.4.